The first-order valence-electron chi connectivity index (χ1n) is 7.14. The average Bonchev–Trinajstić information content (AvgIpc) is 2.45. The van der Waals surface area contributed by atoms with Crippen LogP contribution in [-0.2, 0) is 9.84 Å². The summed E-state index contributed by atoms with van der Waals surface area (Å²) < 4.78 is 22.9. The van der Waals surface area contributed by atoms with Crippen LogP contribution >= 0.6 is 12.4 Å². The zero-order chi connectivity index (χ0) is 15.6. The van der Waals surface area contributed by atoms with E-state index >= 15 is 0 Å². The summed E-state index contributed by atoms with van der Waals surface area (Å²) in [7, 11) is -3.24. The molecule has 0 aliphatic carbocycles. The van der Waals surface area contributed by atoms with Gasteiger partial charge in [-0.05, 0) is 43.0 Å². The Morgan fingerprint density at radius 1 is 1.32 bits per heavy atom. The van der Waals surface area contributed by atoms with E-state index in [9.17, 15) is 13.2 Å². The van der Waals surface area contributed by atoms with Crippen LogP contribution in [0.4, 0.5) is 0 Å². The van der Waals surface area contributed by atoms with E-state index in [-0.39, 0.29) is 29.3 Å². The van der Waals surface area contributed by atoms with Crippen LogP contribution in [0, 0.1) is 5.92 Å². The van der Waals surface area contributed by atoms with Gasteiger partial charge in [-0.25, -0.2) is 8.42 Å². The van der Waals surface area contributed by atoms with Gasteiger partial charge in [0.05, 0.1) is 4.90 Å². The molecule has 2 unspecified atom stereocenters. The van der Waals surface area contributed by atoms with Gasteiger partial charge in [0.2, 0.25) is 0 Å². The molecule has 1 fully saturated rings. The highest BCUT2D eigenvalue weighted by atomic mass is 35.5. The van der Waals surface area contributed by atoms with Crippen molar-refractivity contribution < 1.29 is 13.2 Å². The summed E-state index contributed by atoms with van der Waals surface area (Å²) in [5.41, 5.74) is 6.29. The lowest BCUT2D eigenvalue weighted by Crippen LogP contribution is -2.49. The minimum atomic E-state index is -3.24. The van der Waals surface area contributed by atoms with Gasteiger partial charge in [-0.2, -0.15) is 0 Å². The number of carbonyl (C=O) groups is 1. The zero-order valence-corrected chi connectivity index (χ0v) is 14.5. The fourth-order valence-electron chi connectivity index (χ4n) is 2.75. The Hall–Kier alpha value is -1.11. The van der Waals surface area contributed by atoms with Gasteiger partial charge in [0.15, 0.2) is 9.84 Å². The molecule has 2 N–H and O–H groups in total. The van der Waals surface area contributed by atoms with Crippen molar-refractivity contribution in [3.63, 3.8) is 0 Å². The van der Waals surface area contributed by atoms with Gasteiger partial charge >= 0.3 is 0 Å². The number of piperidine rings is 1. The highest BCUT2D eigenvalue weighted by Gasteiger charge is 2.29. The lowest BCUT2D eigenvalue weighted by atomic mass is 9.92. The van der Waals surface area contributed by atoms with Gasteiger partial charge in [-0.1, -0.05) is 6.92 Å². The maximum Gasteiger partial charge on any atom is 0.254 e. The minimum absolute atomic E-state index is 0. The molecule has 1 heterocycles. The standard InChI is InChI=1S/C15H22N2O3S.ClH/c1-11-7-8-17(13(9-11)10-16)15(18)12-3-5-14(6-4-12)21(2,19)20;/h3-6,11,13H,7-10,16H2,1-2H3;1H. The number of sulfone groups is 1. The van der Waals surface area contributed by atoms with Gasteiger partial charge in [0.1, 0.15) is 0 Å². The van der Waals surface area contributed by atoms with Crippen LogP contribution in [0.1, 0.15) is 30.1 Å². The molecule has 1 aromatic carbocycles. The number of hydrogen-bond donors (Lipinski definition) is 1. The van der Waals surface area contributed by atoms with Crippen LogP contribution in [0.5, 0.6) is 0 Å². The third kappa shape index (κ3) is 4.21. The van der Waals surface area contributed by atoms with Gasteiger partial charge in [0.25, 0.3) is 5.91 Å². The molecule has 2 atom stereocenters. The number of rotatable bonds is 3. The summed E-state index contributed by atoms with van der Waals surface area (Å²) in [6, 6.07) is 6.17. The number of halogens is 1. The normalized spacial score (nSPS) is 22.0. The maximum atomic E-state index is 12.6. The Morgan fingerprint density at radius 2 is 1.91 bits per heavy atom. The van der Waals surface area contributed by atoms with Crippen molar-refractivity contribution in [3.05, 3.63) is 29.8 Å². The van der Waals surface area contributed by atoms with Crippen molar-refractivity contribution in [2.45, 2.75) is 30.7 Å². The molecule has 0 spiro atoms. The first-order valence-corrected chi connectivity index (χ1v) is 9.03. The van der Waals surface area contributed by atoms with E-state index in [4.69, 9.17) is 5.73 Å². The SMILES string of the molecule is CC1CCN(C(=O)c2ccc(S(C)(=O)=O)cc2)C(CN)C1.Cl. The number of hydrogen-bond acceptors (Lipinski definition) is 4. The van der Waals surface area contributed by atoms with Crippen LogP contribution in [0.3, 0.4) is 0 Å². The van der Waals surface area contributed by atoms with Crippen molar-refractivity contribution in [2.24, 2.45) is 11.7 Å². The third-order valence-corrected chi connectivity index (χ3v) is 5.17. The molecule has 0 aromatic heterocycles. The lowest BCUT2D eigenvalue weighted by Gasteiger charge is -2.38. The van der Waals surface area contributed by atoms with E-state index in [1.54, 1.807) is 12.1 Å². The second-order valence-electron chi connectivity index (χ2n) is 5.81. The molecule has 0 bridgehead atoms. The number of likely N-dealkylation sites (tertiary alicyclic amines) is 1. The quantitative estimate of drug-likeness (QED) is 0.903. The highest BCUT2D eigenvalue weighted by molar-refractivity contribution is 7.90. The first kappa shape index (κ1) is 18.9. The minimum Gasteiger partial charge on any atom is -0.334 e. The summed E-state index contributed by atoms with van der Waals surface area (Å²) in [5, 5.41) is 0. The fraction of sp³-hybridized carbons (Fsp3) is 0.533. The largest absolute Gasteiger partial charge is 0.334 e. The number of benzene rings is 1. The van der Waals surface area contributed by atoms with Crippen molar-refractivity contribution in [3.8, 4) is 0 Å². The Labute approximate surface area is 138 Å². The van der Waals surface area contributed by atoms with E-state index in [0.29, 0.717) is 24.6 Å². The fourth-order valence-corrected chi connectivity index (χ4v) is 3.38. The van der Waals surface area contributed by atoms with Crippen molar-refractivity contribution in [1.29, 1.82) is 0 Å². The second-order valence-corrected chi connectivity index (χ2v) is 7.83. The van der Waals surface area contributed by atoms with E-state index in [1.807, 2.05) is 4.90 Å². The van der Waals surface area contributed by atoms with Gasteiger partial charge in [-0.3, -0.25) is 4.79 Å². The first-order chi connectivity index (χ1) is 9.82. The summed E-state index contributed by atoms with van der Waals surface area (Å²) in [5.74, 6) is 0.507. The number of nitrogens with zero attached hydrogens (tertiary/aromatic N) is 1. The van der Waals surface area contributed by atoms with Crippen LogP contribution < -0.4 is 5.73 Å². The average molecular weight is 347 g/mol. The molecule has 1 aliphatic heterocycles. The molecular weight excluding hydrogens is 324 g/mol. The van der Waals surface area contributed by atoms with E-state index in [2.05, 4.69) is 6.92 Å². The lowest BCUT2D eigenvalue weighted by molar-refractivity contribution is 0.0573. The molecule has 1 amide bonds. The summed E-state index contributed by atoms with van der Waals surface area (Å²) in [6.07, 6.45) is 3.05. The predicted molar refractivity (Wildman–Crippen MR) is 89.1 cm³/mol. The second kappa shape index (κ2) is 7.44. The Kier molecular flexibility index (Phi) is 6.40. The van der Waals surface area contributed by atoms with Gasteiger partial charge in [0, 0.05) is 31.0 Å². The maximum absolute atomic E-state index is 12.6. The molecule has 1 saturated heterocycles. The predicted octanol–water partition coefficient (Wildman–Crippen LogP) is 1.71. The van der Waals surface area contributed by atoms with E-state index in [0.717, 1.165) is 19.1 Å². The molecular formula is C15H23ClN2O3S. The number of nitrogens with two attached hydrogens (primary N) is 1. The smallest absolute Gasteiger partial charge is 0.254 e. The van der Waals surface area contributed by atoms with Crippen molar-refractivity contribution in [2.75, 3.05) is 19.3 Å². The highest BCUT2D eigenvalue weighted by Crippen LogP contribution is 2.24. The van der Waals surface area contributed by atoms with Crippen LogP contribution in [0.15, 0.2) is 29.2 Å². The zero-order valence-electron chi connectivity index (χ0n) is 12.9. The topological polar surface area (TPSA) is 80.5 Å². The third-order valence-electron chi connectivity index (χ3n) is 4.04. The Bertz CT molecular complexity index is 616. The molecule has 0 radical (unpaired) electrons. The van der Waals surface area contributed by atoms with Crippen LogP contribution in [-0.4, -0.2) is 44.6 Å². The number of amides is 1. The summed E-state index contributed by atoms with van der Waals surface area (Å²) >= 11 is 0. The number of carbonyl (C=O) groups excluding carboxylic acids is 1. The monoisotopic (exact) mass is 346 g/mol. The molecule has 1 aromatic rings. The molecule has 0 saturated carbocycles. The molecule has 5 nitrogen and oxygen atoms in total. The summed E-state index contributed by atoms with van der Waals surface area (Å²) in [4.78, 5) is 14.6. The van der Waals surface area contributed by atoms with Crippen LogP contribution in [0.2, 0.25) is 0 Å². The van der Waals surface area contributed by atoms with Crippen LogP contribution in [0.25, 0.3) is 0 Å². The van der Waals surface area contributed by atoms with E-state index in [1.165, 1.54) is 12.1 Å². The summed E-state index contributed by atoms with van der Waals surface area (Å²) in [6.45, 7) is 3.33. The van der Waals surface area contributed by atoms with E-state index < -0.39 is 9.84 Å². The molecule has 1 aliphatic rings. The molecule has 2 rings (SSSR count). The Morgan fingerprint density at radius 3 is 2.41 bits per heavy atom. The molecule has 7 heteroatoms. The van der Waals surface area contributed by atoms with Crippen molar-refractivity contribution in [1.82, 2.24) is 4.90 Å². The molecule has 124 valence electrons. The van der Waals surface area contributed by atoms with Gasteiger partial charge < -0.3 is 10.6 Å². The Balaban J connectivity index is 0.00000242. The molecule has 22 heavy (non-hydrogen) atoms. The van der Waals surface area contributed by atoms with Gasteiger partial charge in [-0.15, -0.1) is 12.4 Å². The van der Waals surface area contributed by atoms with Crippen molar-refractivity contribution >= 4 is 28.2 Å².